The Balaban J connectivity index is 1.80. The molecule has 6 rings (SSSR count). The van der Waals surface area contributed by atoms with Crippen molar-refractivity contribution in [2.24, 2.45) is 5.92 Å². The number of rotatable bonds is 2. The van der Waals surface area contributed by atoms with Crippen molar-refractivity contribution in [2.45, 2.75) is 46.2 Å². The van der Waals surface area contributed by atoms with Crippen LogP contribution in [0.5, 0.6) is 0 Å². The largest absolute Gasteiger partial charge is 0.348 e. The lowest BCUT2D eigenvalue weighted by atomic mass is 9.87. The number of carbonyl (C=O) groups is 2. The Labute approximate surface area is 187 Å². The van der Waals surface area contributed by atoms with Crippen molar-refractivity contribution in [1.82, 2.24) is 9.88 Å². The summed E-state index contributed by atoms with van der Waals surface area (Å²) in [6.07, 6.45) is 1.43. The first-order valence-corrected chi connectivity index (χ1v) is 11.4. The second kappa shape index (κ2) is 6.80. The highest BCUT2D eigenvalue weighted by Crippen LogP contribution is 2.46. The standard InChI is InChI=1S/C28H26N2O2/c1-15-8-4-5-9-19(15)24-17(3)27-25(21-14-29-28(32)26(21)24)20-10-6-7-11-22(20)30(27)18-12-16(2)23(31)13-18/h4-11,16,18H,12-14H2,1-3H3,(H,29,32). The van der Waals surface area contributed by atoms with Crippen LogP contribution < -0.4 is 5.32 Å². The summed E-state index contributed by atoms with van der Waals surface area (Å²) in [4.78, 5) is 25.6. The lowest BCUT2D eigenvalue weighted by Gasteiger charge is -2.20. The van der Waals surface area contributed by atoms with E-state index in [4.69, 9.17) is 0 Å². The van der Waals surface area contributed by atoms with Gasteiger partial charge in [-0.1, -0.05) is 49.4 Å². The molecule has 1 fully saturated rings. The van der Waals surface area contributed by atoms with Crippen LogP contribution in [0.1, 0.15) is 52.9 Å². The molecule has 2 atom stereocenters. The number of carbonyl (C=O) groups excluding carboxylic acids is 2. The number of aryl methyl sites for hydroxylation is 2. The molecule has 1 aliphatic carbocycles. The first kappa shape index (κ1) is 19.3. The molecule has 3 aromatic carbocycles. The van der Waals surface area contributed by atoms with Crippen LogP contribution >= 0.6 is 0 Å². The van der Waals surface area contributed by atoms with E-state index in [1.807, 2.05) is 19.1 Å². The molecule has 1 N–H and O–H groups in total. The van der Waals surface area contributed by atoms with E-state index >= 15 is 0 Å². The van der Waals surface area contributed by atoms with Crippen molar-refractivity contribution in [3.8, 4) is 11.1 Å². The van der Waals surface area contributed by atoms with E-state index in [-0.39, 0.29) is 17.9 Å². The van der Waals surface area contributed by atoms with Crippen LogP contribution in [0.4, 0.5) is 0 Å². The van der Waals surface area contributed by atoms with E-state index < -0.39 is 0 Å². The molecule has 4 aromatic rings. The van der Waals surface area contributed by atoms with Crippen molar-refractivity contribution in [2.75, 3.05) is 0 Å². The summed E-state index contributed by atoms with van der Waals surface area (Å²) in [5.74, 6) is 0.436. The third kappa shape index (κ3) is 2.49. The molecule has 1 aromatic heterocycles. The van der Waals surface area contributed by atoms with Gasteiger partial charge in [0.15, 0.2) is 0 Å². The van der Waals surface area contributed by atoms with Crippen molar-refractivity contribution >= 4 is 33.5 Å². The molecule has 0 spiro atoms. The molecule has 0 bridgehead atoms. The summed E-state index contributed by atoms with van der Waals surface area (Å²) in [6.45, 7) is 6.83. The van der Waals surface area contributed by atoms with Crippen LogP contribution in [0.25, 0.3) is 32.9 Å². The van der Waals surface area contributed by atoms with E-state index in [9.17, 15) is 9.59 Å². The maximum absolute atomic E-state index is 13.1. The van der Waals surface area contributed by atoms with Gasteiger partial charge in [-0.3, -0.25) is 9.59 Å². The van der Waals surface area contributed by atoms with Gasteiger partial charge in [-0.25, -0.2) is 0 Å². The number of aromatic nitrogens is 1. The van der Waals surface area contributed by atoms with Gasteiger partial charge < -0.3 is 9.88 Å². The Morgan fingerprint density at radius 2 is 1.72 bits per heavy atom. The number of nitrogens with zero attached hydrogens (tertiary/aromatic N) is 1. The Bertz CT molecular complexity index is 1460. The minimum atomic E-state index is 0.00440. The first-order chi connectivity index (χ1) is 15.5. The molecule has 4 heteroatoms. The maximum atomic E-state index is 13.1. The maximum Gasteiger partial charge on any atom is 0.252 e. The number of para-hydroxylation sites is 1. The summed E-state index contributed by atoms with van der Waals surface area (Å²) >= 11 is 0. The molecular formula is C28H26N2O2. The van der Waals surface area contributed by atoms with Crippen molar-refractivity contribution in [3.63, 3.8) is 0 Å². The fourth-order valence-corrected chi connectivity index (χ4v) is 6.03. The van der Waals surface area contributed by atoms with Gasteiger partial charge in [0, 0.05) is 46.8 Å². The fourth-order valence-electron chi connectivity index (χ4n) is 6.03. The molecule has 2 heterocycles. The number of hydrogen-bond donors (Lipinski definition) is 1. The number of hydrogen-bond acceptors (Lipinski definition) is 2. The number of fused-ring (bicyclic) bond motifs is 5. The molecule has 1 saturated carbocycles. The van der Waals surface area contributed by atoms with Crippen LogP contribution in [0, 0.1) is 19.8 Å². The smallest absolute Gasteiger partial charge is 0.252 e. The third-order valence-corrected chi connectivity index (χ3v) is 7.54. The molecule has 0 radical (unpaired) electrons. The molecule has 32 heavy (non-hydrogen) atoms. The summed E-state index contributed by atoms with van der Waals surface area (Å²) in [7, 11) is 0. The number of Topliss-reactive ketones (excluding diaryl/α,β-unsaturated/α-hetero) is 1. The molecule has 2 unspecified atom stereocenters. The SMILES string of the molecule is Cc1ccccc1-c1c2c(c3c4ccccc4n(C4CC(=O)C(C)C4)c3c1C)CNC2=O. The van der Waals surface area contributed by atoms with Gasteiger partial charge in [0.25, 0.3) is 5.91 Å². The van der Waals surface area contributed by atoms with Crippen LogP contribution in [0.2, 0.25) is 0 Å². The van der Waals surface area contributed by atoms with E-state index in [2.05, 4.69) is 60.1 Å². The minimum Gasteiger partial charge on any atom is -0.348 e. The number of nitrogens with one attached hydrogen (secondary N) is 1. The average Bonchev–Trinajstić information content (AvgIpc) is 3.43. The Hall–Kier alpha value is -3.40. The lowest BCUT2D eigenvalue weighted by Crippen LogP contribution is -2.13. The molecule has 1 aliphatic heterocycles. The highest BCUT2D eigenvalue weighted by molar-refractivity contribution is 6.19. The van der Waals surface area contributed by atoms with Crippen LogP contribution in [-0.4, -0.2) is 16.3 Å². The second-order valence-corrected chi connectivity index (χ2v) is 9.42. The normalized spacial score (nSPS) is 20.3. The Morgan fingerprint density at radius 1 is 0.969 bits per heavy atom. The zero-order valence-electron chi connectivity index (χ0n) is 18.7. The van der Waals surface area contributed by atoms with Crippen molar-refractivity contribution in [1.29, 1.82) is 0 Å². The fraction of sp³-hybridized carbons (Fsp3) is 0.286. The summed E-state index contributed by atoms with van der Waals surface area (Å²) in [6, 6.07) is 16.9. The van der Waals surface area contributed by atoms with Gasteiger partial charge >= 0.3 is 0 Å². The summed E-state index contributed by atoms with van der Waals surface area (Å²) < 4.78 is 2.41. The lowest BCUT2D eigenvalue weighted by molar-refractivity contribution is -0.120. The molecule has 4 nitrogen and oxygen atoms in total. The van der Waals surface area contributed by atoms with Gasteiger partial charge in [-0.2, -0.15) is 0 Å². The monoisotopic (exact) mass is 422 g/mol. The minimum absolute atomic E-state index is 0.00440. The molecule has 160 valence electrons. The molecule has 0 saturated heterocycles. The predicted molar refractivity (Wildman–Crippen MR) is 128 cm³/mol. The van der Waals surface area contributed by atoms with E-state index in [1.54, 1.807) is 0 Å². The molecule has 2 aliphatic rings. The Morgan fingerprint density at radius 3 is 2.47 bits per heavy atom. The zero-order chi connectivity index (χ0) is 22.1. The van der Waals surface area contributed by atoms with E-state index in [0.29, 0.717) is 18.7 Å². The summed E-state index contributed by atoms with van der Waals surface area (Å²) in [5, 5.41) is 5.42. The first-order valence-electron chi connectivity index (χ1n) is 11.4. The zero-order valence-corrected chi connectivity index (χ0v) is 18.7. The number of amides is 1. The highest BCUT2D eigenvalue weighted by atomic mass is 16.2. The third-order valence-electron chi connectivity index (χ3n) is 7.54. The Kier molecular flexibility index (Phi) is 4.10. The highest BCUT2D eigenvalue weighted by Gasteiger charge is 2.36. The van der Waals surface area contributed by atoms with Crippen molar-refractivity contribution in [3.05, 3.63) is 70.8 Å². The van der Waals surface area contributed by atoms with Crippen LogP contribution in [-0.2, 0) is 11.3 Å². The van der Waals surface area contributed by atoms with E-state index in [1.165, 1.54) is 10.9 Å². The number of ketones is 1. The predicted octanol–water partition coefficient (Wildman–Crippen LogP) is 5.86. The molecule has 1 amide bonds. The average molecular weight is 423 g/mol. The topological polar surface area (TPSA) is 51.1 Å². The molecular weight excluding hydrogens is 396 g/mol. The van der Waals surface area contributed by atoms with Crippen molar-refractivity contribution < 1.29 is 9.59 Å². The second-order valence-electron chi connectivity index (χ2n) is 9.42. The van der Waals surface area contributed by atoms with Crippen LogP contribution in [0.3, 0.4) is 0 Å². The summed E-state index contributed by atoms with van der Waals surface area (Å²) in [5.41, 5.74) is 8.63. The van der Waals surface area contributed by atoms with Gasteiger partial charge in [0.1, 0.15) is 5.78 Å². The quantitative estimate of drug-likeness (QED) is 0.440. The number of benzene rings is 3. The van der Waals surface area contributed by atoms with Gasteiger partial charge in [0.05, 0.1) is 11.1 Å². The van der Waals surface area contributed by atoms with Gasteiger partial charge in [-0.15, -0.1) is 0 Å². The van der Waals surface area contributed by atoms with Gasteiger partial charge in [0.2, 0.25) is 0 Å². The van der Waals surface area contributed by atoms with E-state index in [0.717, 1.165) is 50.7 Å². The van der Waals surface area contributed by atoms with Crippen LogP contribution in [0.15, 0.2) is 48.5 Å². The van der Waals surface area contributed by atoms with Gasteiger partial charge in [-0.05, 0) is 48.6 Å².